The monoisotopic (exact) mass is 402 g/mol. The number of ether oxygens (including phenoxy) is 3. The molecule has 0 spiro atoms. The normalized spacial score (nSPS) is 40.6. The van der Waals surface area contributed by atoms with Gasteiger partial charge in [0.25, 0.3) is 0 Å². The van der Waals surface area contributed by atoms with E-state index in [-0.39, 0.29) is 22.2 Å². The number of hydrogen-bond donors (Lipinski definition) is 1. The number of hydrogen-bond acceptors (Lipinski definition) is 5. The van der Waals surface area contributed by atoms with Crippen LogP contribution in [-0.2, 0) is 15.9 Å². The third-order valence-corrected chi connectivity index (χ3v) is 8.97. The first-order valence-corrected chi connectivity index (χ1v) is 10.8. The maximum Gasteiger partial charge on any atom is 0.338 e. The van der Waals surface area contributed by atoms with Gasteiger partial charge in [-0.3, -0.25) is 0 Å². The van der Waals surface area contributed by atoms with Gasteiger partial charge in [-0.1, -0.05) is 20.8 Å². The largest absolute Gasteiger partial charge is 0.508 e. The first-order chi connectivity index (χ1) is 13.6. The van der Waals surface area contributed by atoms with E-state index in [0.29, 0.717) is 35.7 Å². The second-order valence-electron chi connectivity index (χ2n) is 10.1. The summed E-state index contributed by atoms with van der Waals surface area (Å²) in [5.41, 5.74) is 1.22. The summed E-state index contributed by atoms with van der Waals surface area (Å²) in [6.07, 6.45) is 5.73. The summed E-state index contributed by atoms with van der Waals surface area (Å²) in [5.74, 6) is 1.20. The second-order valence-corrected chi connectivity index (χ2v) is 10.1. The summed E-state index contributed by atoms with van der Waals surface area (Å²) in [4.78, 5) is 12.0. The zero-order valence-corrected chi connectivity index (χ0v) is 18.5. The van der Waals surface area contributed by atoms with Gasteiger partial charge < -0.3 is 19.3 Å². The number of carbonyl (C=O) groups excluding carboxylic acids is 1. The number of phenols is 1. The minimum atomic E-state index is -0.480. The van der Waals surface area contributed by atoms with Crippen LogP contribution in [0.15, 0.2) is 12.1 Å². The molecular formula is C24H34O5. The number of phenolic OH excluding ortho intramolecular Hbond substituents is 1. The molecule has 1 aromatic carbocycles. The van der Waals surface area contributed by atoms with Crippen molar-refractivity contribution in [3.63, 3.8) is 0 Å². The third kappa shape index (κ3) is 2.80. The molecular weight excluding hydrogens is 368 g/mol. The fourth-order valence-corrected chi connectivity index (χ4v) is 6.65. The molecule has 29 heavy (non-hydrogen) atoms. The van der Waals surface area contributed by atoms with Crippen molar-refractivity contribution in [2.75, 3.05) is 14.2 Å². The van der Waals surface area contributed by atoms with Crippen LogP contribution in [0.1, 0.15) is 69.3 Å². The van der Waals surface area contributed by atoms with E-state index in [9.17, 15) is 9.90 Å². The Bertz CT molecular complexity index is 835. The van der Waals surface area contributed by atoms with Crippen LogP contribution >= 0.6 is 0 Å². The van der Waals surface area contributed by atoms with Gasteiger partial charge in [0, 0.05) is 11.0 Å². The van der Waals surface area contributed by atoms with Crippen LogP contribution in [0.5, 0.6) is 11.5 Å². The molecule has 1 aliphatic heterocycles. The minimum absolute atomic E-state index is 0.00444. The molecule has 5 heteroatoms. The SMILES string of the molecule is COC(=O)c1cc(O)c(C[C@]2(C)[C@@H](C)CC[C@@]3(C)[C@H]2CC[C@@H]2O[C@@]23C)c(OC)c1. The van der Waals surface area contributed by atoms with Crippen molar-refractivity contribution in [2.24, 2.45) is 22.7 Å². The van der Waals surface area contributed by atoms with Gasteiger partial charge in [-0.25, -0.2) is 4.79 Å². The summed E-state index contributed by atoms with van der Waals surface area (Å²) in [7, 11) is 2.92. The number of rotatable bonds is 4. The maximum absolute atomic E-state index is 12.0. The molecule has 4 rings (SSSR count). The number of carbonyl (C=O) groups is 1. The molecule has 2 saturated carbocycles. The minimum Gasteiger partial charge on any atom is -0.508 e. The molecule has 0 aromatic heterocycles. The van der Waals surface area contributed by atoms with Crippen molar-refractivity contribution >= 4 is 5.97 Å². The van der Waals surface area contributed by atoms with Crippen molar-refractivity contribution in [3.8, 4) is 11.5 Å². The van der Waals surface area contributed by atoms with Gasteiger partial charge in [-0.2, -0.15) is 0 Å². The van der Waals surface area contributed by atoms with Gasteiger partial charge in [0.2, 0.25) is 0 Å². The Kier molecular flexibility index (Phi) is 4.69. The van der Waals surface area contributed by atoms with Crippen molar-refractivity contribution in [1.82, 2.24) is 0 Å². The molecule has 160 valence electrons. The van der Waals surface area contributed by atoms with E-state index in [1.165, 1.54) is 19.6 Å². The number of methoxy groups -OCH3 is 2. The molecule has 1 aromatic rings. The first-order valence-electron chi connectivity index (χ1n) is 10.8. The van der Waals surface area contributed by atoms with Crippen LogP contribution in [0.25, 0.3) is 0 Å². The Morgan fingerprint density at radius 3 is 2.59 bits per heavy atom. The van der Waals surface area contributed by atoms with Gasteiger partial charge in [0.1, 0.15) is 11.5 Å². The van der Waals surface area contributed by atoms with E-state index >= 15 is 0 Å². The number of fused-ring (bicyclic) bond motifs is 3. The van der Waals surface area contributed by atoms with Crippen LogP contribution in [0.2, 0.25) is 0 Å². The number of benzene rings is 1. The fraction of sp³-hybridized carbons (Fsp3) is 0.708. The van der Waals surface area contributed by atoms with Crippen LogP contribution in [0.4, 0.5) is 0 Å². The van der Waals surface area contributed by atoms with Crippen molar-refractivity contribution in [3.05, 3.63) is 23.3 Å². The fourth-order valence-electron chi connectivity index (χ4n) is 6.65. The molecule has 5 nitrogen and oxygen atoms in total. The molecule has 0 unspecified atom stereocenters. The van der Waals surface area contributed by atoms with Gasteiger partial charge in [-0.05, 0) is 68.4 Å². The van der Waals surface area contributed by atoms with Crippen LogP contribution in [0, 0.1) is 22.7 Å². The van der Waals surface area contributed by atoms with E-state index in [1.54, 1.807) is 13.2 Å². The van der Waals surface area contributed by atoms with Crippen LogP contribution < -0.4 is 4.74 Å². The summed E-state index contributed by atoms with van der Waals surface area (Å²) >= 11 is 0. The van der Waals surface area contributed by atoms with E-state index in [1.807, 2.05) is 0 Å². The highest BCUT2D eigenvalue weighted by Gasteiger charge is 2.71. The molecule has 0 radical (unpaired) electrons. The maximum atomic E-state index is 12.0. The first kappa shape index (κ1) is 20.5. The Morgan fingerprint density at radius 1 is 1.21 bits per heavy atom. The quantitative estimate of drug-likeness (QED) is 0.582. The predicted octanol–water partition coefficient (Wildman–Crippen LogP) is 4.74. The van der Waals surface area contributed by atoms with Crippen LogP contribution in [0.3, 0.4) is 0 Å². The van der Waals surface area contributed by atoms with E-state index < -0.39 is 5.97 Å². The molecule has 1 heterocycles. The lowest BCUT2D eigenvalue weighted by Gasteiger charge is -2.59. The van der Waals surface area contributed by atoms with E-state index in [4.69, 9.17) is 14.2 Å². The average molecular weight is 403 g/mol. The molecule has 1 saturated heterocycles. The molecule has 6 atom stereocenters. The van der Waals surface area contributed by atoms with E-state index in [2.05, 4.69) is 27.7 Å². The topological polar surface area (TPSA) is 68.3 Å². The standard InChI is InChI=1S/C24H34O5/c1-14-9-10-23(3)19(7-8-20-24(23,4)29-20)22(14,2)13-16-17(25)11-15(21(26)28-6)12-18(16)27-5/h11-12,14,19-20,25H,7-10,13H2,1-6H3/t14-,19-,20-,22+,23-,24-/m0/s1. The highest BCUT2D eigenvalue weighted by Crippen LogP contribution is 2.70. The summed E-state index contributed by atoms with van der Waals surface area (Å²) in [5, 5.41) is 10.8. The average Bonchev–Trinajstić information content (AvgIpc) is 3.39. The lowest BCUT2D eigenvalue weighted by atomic mass is 9.44. The highest BCUT2D eigenvalue weighted by atomic mass is 16.6. The Labute approximate surface area is 173 Å². The molecule has 2 aliphatic carbocycles. The van der Waals surface area contributed by atoms with Gasteiger partial charge >= 0.3 is 5.97 Å². The second kappa shape index (κ2) is 6.63. The van der Waals surface area contributed by atoms with Gasteiger partial charge in [0.05, 0.1) is 31.5 Å². The lowest BCUT2D eigenvalue weighted by Crippen LogP contribution is -2.56. The third-order valence-electron chi connectivity index (χ3n) is 8.97. The summed E-state index contributed by atoms with van der Waals surface area (Å²) in [6.45, 7) is 9.43. The predicted molar refractivity (Wildman–Crippen MR) is 110 cm³/mol. The highest BCUT2D eigenvalue weighted by molar-refractivity contribution is 5.90. The lowest BCUT2D eigenvalue weighted by molar-refractivity contribution is -0.0982. The van der Waals surface area contributed by atoms with Gasteiger partial charge in [-0.15, -0.1) is 0 Å². The summed E-state index contributed by atoms with van der Waals surface area (Å²) in [6, 6.07) is 3.18. The molecule has 0 amide bonds. The van der Waals surface area contributed by atoms with Crippen molar-refractivity contribution in [2.45, 2.75) is 71.5 Å². The summed E-state index contributed by atoms with van der Waals surface area (Å²) < 4.78 is 16.6. The Hall–Kier alpha value is -1.75. The smallest absolute Gasteiger partial charge is 0.338 e. The van der Waals surface area contributed by atoms with E-state index in [0.717, 1.165) is 24.8 Å². The van der Waals surface area contributed by atoms with Crippen molar-refractivity contribution < 1.29 is 24.1 Å². The molecule has 3 aliphatic rings. The number of epoxide rings is 1. The number of aromatic hydroxyl groups is 1. The Morgan fingerprint density at radius 2 is 1.93 bits per heavy atom. The molecule has 1 N–H and O–H groups in total. The van der Waals surface area contributed by atoms with Crippen molar-refractivity contribution in [1.29, 1.82) is 0 Å². The number of esters is 1. The van der Waals surface area contributed by atoms with Gasteiger partial charge in [0.15, 0.2) is 0 Å². The Balaban J connectivity index is 1.73. The zero-order valence-electron chi connectivity index (χ0n) is 18.5. The molecule has 3 fully saturated rings. The van der Waals surface area contributed by atoms with Crippen LogP contribution in [-0.4, -0.2) is 37.0 Å². The molecule has 0 bridgehead atoms. The zero-order chi connectivity index (χ0) is 21.2.